The fourth-order valence-electron chi connectivity index (χ4n) is 5.89. The van der Waals surface area contributed by atoms with Crippen molar-refractivity contribution in [3.8, 4) is 0 Å². The topological polar surface area (TPSA) is 48.3 Å². The number of nitrogens with zero attached hydrogens (tertiary/aromatic N) is 1. The third-order valence-electron chi connectivity index (χ3n) is 6.83. The summed E-state index contributed by atoms with van der Waals surface area (Å²) in [6.45, 7) is 3.76. The van der Waals surface area contributed by atoms with Gasteiger partial charge in [-0.05, 0) is 70.3 Å². The van der Waals surface area contributed by atoms with E-state index in [0.29, 0.717) is 17.4 Å². The predicted octanol–water partition coefficient (Wildman–Crippen LogP) is 4.10. The first-order valence-corrected chi connectivity index (χ1v) is 10.0. The molecule has 4 fully saturated rings. The number of aryl methyl sites for hydroxylation is 1. The molecule has 4 aliphatic rings. The molecule has 1 aromatic heterocycles. The molecule has 0 aromatic carbocycles. The number of Topliss-reactive ketones (excluding diaryl/α,β-unsaturated/α-hetero) is 1. The number of carbonyl (C=O) groups excluding carboxylic acids is 2. The third kappa shape index (κ3) is 2.79. The van der Waals surface area contributed by atoms with Crippen LogP contribution in [0.3, 0.4) is 0 Å². The van der Waals surface area contributed by atoms with E-state index in [0.717, 1.165) is 30.7 Å². The first kappa shape index (κ1) is 17.3. The van der Waals surface area contributed by atoms with Crippen molar-refractivity contribution in [1.82, 2.24) is 4.57 Å². The molecule has 5 heteroatoms. The van der Waals surface area contributed by atoms with Gasteiger partial charge < -0.3 is 9.30 Å². The number of halogens is 1. The van der Waals surface area contributed by atoms with Gasteiger partial charge >= 0.3 is 5.97 Å². The van der Waals surface area contributed by atoms with Crippen molar-refractivity contribution >= 4 is 27.7 Å². The highest BCUT2D eigenvalue weighted by Gasteiger charge is 2.60. The Morgan fingerprint density at radius 1 is 1.24 bits per heavy atom. The van der Waals surface area contributed by atoms with Crippen LogP contribution in [-0.2, 0) is 16.6 Å². The normalized spacial score (nSPS) is 35.8. The van der Waals surface area contributed by atoms with Crippen LogP contribution in [0.25, 0.3) is 0 Å². The highest BCUT2D eigenvalue weighted by molar-refractivity contribution is 9.10. The lowest BCUT2D eigenvalue weighted by Gasteiger charge is -2.58. The summed E-state index contributed by atoms with van der Waals surface area (Å²) < 4.78 is 7.68. The van der Waals surface area contributed by atoms with E-state index in [1.807, 2.05) is 31.5 Å². The van der Waals surface area contributed by atoms with Crippen LogP contribution >= 0.6 is 15.9 Å². The Bertz CT molecular complexity index is 736. The SMILES string of the molecule is Cc1cc(C(=O)COC(=O)C23CC4CC(CC(Br)(C4)C2)C3)c(C)n1C. The van der Waals surface area contributed by atoms with Gasteiger partial charge in [0.1, 0.15) is 0 Å². The largest absolute Gasteiger partial charge is 0.457 e. The van der Waals surface area contributed by atoms with Crippen LogP contribution in [0.15, 0.2) is 6.07 Å². The molecule has 0 amide bonds. The molecular weight excluding hydrogens is 382 g/mol. The second kappa shape index (κ2) is 5.70. The Hall–Kier alpha value is -1.10. The molecule has 4 nitrogen and oxygen atoms in total. The lowest BCUT2D eigenvalue weighted by atomic mass is 9.49. The number of alkyl halides is 1. The van der Waals surface area contributed by atoms with Crippen molar-refractivity contribution < 1.29 is 14.3 Å². The number of rotatable bonds is 4. The predicted molar refractivity (Wildman–Crippen MR) is 98.9 cm³/mol. The molecule has 25 heavy (non-hydrogen) atoms. The Morgan fingerprint density at radius 2 is 1.88 bits per heavy atom. The monoisotopic (exact) mass is 407 g/mol. The lowest BCUT2D eigenvalue weighted by molar-refractivity contribution is -0.168. The zero-order valence-electron chi connectivity index (χ0n) is 15.2. The second-order valence-electron chi connectivity index (χ2n) is 8.74. The number of ketones is 1. The smallest absolute Gasteiger partial charge is 0.312 e. The van der Waals surface area contributed by atoms with E-state index in [9.17, 15) is 9.59 Å². The van der Waals surface area contributed by atoms with E-state index < -0.39 is 0 Å². The zero-order valence-corrected chi connectivity index (χ0v) is 16.8. The van der Waals surface area contributed by atoms with E-state index in [1.54, 1.807) is 0 Å². The Labute approximate surface area is 157 Å². The number of carbonyl (C=O) groups is 2. The van der Waals surface area contributed by atoms with Gasteiger partial charge in [0.05, 0.1) is 5.41 Å². The summed E-state index contributed by atoms with van der Waals surface area (Å²) in [5.41, 5.74) is 2.26. The molecule has 2 unspecified atom stereocenters. The molecule has 0 aliphatic heterocycles. The maximum Gasteiger partial charge on any atom is 0.312 e. The van der Waals surface area contributed by atoms with Crippen LogP contribution in [0.2, 0.25) is 0 Å². The van der Waals surface area contributed by atoms with Crippen molar-refractivity contribution in [2.75, 3.05) is 6.61 Å². The molecular formula is C20H26BrNO3. The zero-order chi connectivity index (χ0) is 18.0. The average molecular weight is 408 g/mol. The molecule has 1 aromatic rings. The minimum absolute atomic E-state index is 0.104. The van der Waals surface area contributed by atoms with E-state index in [1.165, 1.54) is 19.3 Å². The maximum absolute atomic E-state index is 12.9. The number of ether oxygens (including phenoxy) is 1. The summed E-state index contributed by atoms with van der Waals surface area (Å²) in [5, 5.41) is 0. The van der Waals surface area contributed by atoms with Crippen LogP contribution in [0, 0.1) is 31.1 Å². The highest BCUT2D eigenvalue weighted by Crippen LogP contribution is 2.64. The molecule has 0 spiro atoms. The molecule has 0 saturated heterocycles. The van der Waals surface area contributed by atoms with Gasteiger partial charge in [0.25, 0.3) is 0 Å². The summed E-state index contributed by atoms with van der Waals surface area (Å²) >= 11 is 3.92. The first-order valence-electron chi connectivity index (χ1n) is 9.24. The van der Waals surface area contributed by atoms with Gasteiger partial charge in [-0.15, -0.1) is 0 Å². The van der Waals surface area contributed by atoms with Crippen molar-refractivity contribution in [3.05, 3.63) is 23.0 Å². The molecule has 4 aliphatic carbocycles. The third-order valence-corrected chi connectivity index (χ3v) is 7.76. The summed E-state index contributed by atoms with van der Waals surface area (Å²) in [5.74, 6) is 1.00. The van der Waals surface area contributed by atoms with E-state index in [2.05, 4.69) is 15.9 Å². The van der Waals surface area contributed by atoms with Crippen molar-refractivity contribution in [2.45, 2.75) is 56.7 Å². The van der Waals surface area contributed by atoms with E-state index in [4.69, 9.17) is 4.74 Å². The van der Waals surface area contributed by atoms with Gasteiger partial charge in [-0.25, -0.2) is 0 Å². The summed E-state index contributed by atoms with van der Waals surface area (Å²) in [6, 6.07) is 1.88. The number of hydrogen-bond acceptors (Lipinski definition) is 3. The van der Waals surface area contributed by atoms with Crippen LogP contribution in [-0.4, -0.2) is 27.3 Å². The quantitative estimate of drug-likeness (QED) is 0.428. The standard InChI is InChI=1S/C20H26BrNO3/c1-12-4-16(13(2)22(12)3)17(23)10-25-18(24)19-6-14-5-15(7-19)9-20(21,8-14)11-19/h4,14-15H,5-11H2,1-3H3. The summed E-state index contributed by atoms with van der Waals surface area (Å²) in [4.78, 5) is 25.5. The summed E-state index contributed by atoms with van der Waals surface area (Å²) in [6.07, 6.45) is 6.36. The van der Waals surface area contributed by atoms with Crippen LogP contribution < -0.4 is 0 Å². The molecule has 0 N–H and O–H groups in total. The van der Waals surface area contributed by atoms with Crippen LogP contribution in [0.5, 0.6) is 0 Å². The lowest BCUT2D eigenvalue weighted by Crippen LogP contribution is -2.56. The van der Waals surface area contributed by atoms with Crippen LogP contribution in [0.1, 0.15) is 60.3 Å². The fourth-order valence-corrected chi connectivity index (χ4v) is 7.34. The fraction of sp³-hybridized carbons (Fsp3) is 0.700. The summed E-state index contributed by atoms with van der Waals surface area (Å²) in [7, 11) is 1.94. The molecule has 4 bridgehead atoms. The molecule has 1 heterocycles. The van der Waals surface area contributed by atoms with Crippen molar-refractivity contribution in [3.63, 3.8) is 0 Å². The molecule has 2 atom stereocenters. The molecule has 0 radical (unpaired) electrons. The average Bonchev–Trinajstić information content (AvgIpc) is 2.77. The molecule has 136 valence electrons. The van der Waals surface area contributed by atoms with Gasteiger partial charge in [-0.1, -0.05) is 15.9 Å². The first-order chi connectivity index (χ1) is 11.7. The van der Waals surface area contributed by atoms with E-state index >= 15 is 0 Å². The second-order valence-corrected chi connectivity index (χ2v) is 10.4. The van der Waals surface area contributed by atoms with Gasteiger partial charge in [0.15, 0.2) is 6.61 Å². The number of hydrogen-bond donors (Lipinski definition) is 0. The Kier molecular flexibility index (Phi) is 3.95. The van der Waals surface area contributed by atoms with Crippen molar-refractivity contribution in [1.29, 1.82) is 0 Å². The van der Waals surface area contributed by atoms with Crippen molar-refractivity contribution in [2.24, 2.45) is 24.3 Å². The number of esters is 1. The Balaban J connectivity index is 1.46. The Morgan fingerprint density at radius 3 is 2.40 bits per heavy atom. The molecule has 5 rings (SSSR count). The minimum atomic E-state index is -0.366. The highest BCUT2D eigenvalue weighted by atomic mass is 79.9. The van der Waals surface area contributed by atoms with Gasteiger partial charge in [0, 0.05) is 28.3 Å². The van der Waals surface area contributed by atoms with Gasteiger partial charge in [-0.3, -0.25) is 9.59 Å². The van der Waals surface area contributed by atoms with Gasteiger partial charge in [-0.2, -0.15) is 0 Å². The van der Waals surface area contributed by atoms with Crippen LogP contribution in [0.4, 0.5) is 0 Å². The van der Waals surface area contributed by atoms with Gasteiger partial charge in [0.2, 0.25) is 5.78 Å². The number of aromatic nitrogens is 1. The maximum atomic E-state index is 12.9. The van der Waals surface area contributed by atoms with E-state index in [-0.39, 0.29) is 28.1 Å². The minimum Gasteiger partial charge on any atom is -0.457 e. The molecule has 4 saturated carbocycles.